The maximum Gasteiger partial charge on any atom is 0.225 e. The zero-order valence-electron chi connectivity index (χ0n) is 14.2. The molecule has 6 heteroatoms. The van der Waals surface area contributed by atoms with Crippen LogP contribution in [0.1, 0.15) is 18.4 Å². The summed E-state index contributed by atoms with van der Waals surface area (Å²) in [6.45, 7) is 1.48. The summed E-state index contributed by atoms with van der Waals surface area (Å²) >= 11 is 0. The standard InChI is InChI=1S/C19H24N4O2/c24-14-17(13-15-5-2-1-3-6-15)22-18(25)16-7-11-23(12-8-16)19-20-9-4-10-21-19/h1-6,9-10,16-17,24H,7-8,11-14H2,(H,22,25). The summed E-state index contributed by atoms with van der Waals surface area (Å²) in [6, 6.07) is 11.5. The summed E-state index contributed by atoms with van der Waals surface area (Å²) in [5.74, 6) is 0.729. The smallest absolute Gasteiger partial charge is 0.225 e. The van der Waals surface area contributed by atoms with Crippen LogP contribution in [0.5, 0.6) is 0 Å². The Labute approximate surface area is 147 Å². The topological polar surface area (TPSA) is 78.4 Å². The molecule has 1 aliphatic rings. The van der Waals surface area contributed by atoms with Crippen LogP contribution in [0.4, 0.5) is 5.95 Å². The predicted octanol–water partition coefficient (Wildman–Crippen LogP) is 1.41. The van der Waals surface area contributed by atoms with Gasteiger partial charge in [-0.15, -0.1) is 0 Å². The van der Waals surface area contributed by atoms with Crippen LogP contribution in [0.25, 0.3) is 0 Å². The van der Waals surface area contributed by atoms with Gasteiger partial charge in [0.2, 0.25) is 11.9 Å². The Bertz CT molecular complexity index is 658. The molecule has 1 fully saturated rings. The van der Waals surface area contributed by atoms with Gasteiger partial charge >= 0.3 is 0 Å². The number of hydrogen-bond donors (Lipinski definition) is 2. The lowest BCUT2D eigenvalue weighted by atomic mass is 9.95. The van der Waals surface area contributed by atoms with Gasteiger partial charge in [0.1, 0.15) is 0 Å². The highest BCUT2D eigenvalue weighted by molar-refractivity contribution is 5.79. The largest absolute Gasteiger partial charge is 0.394 e. The van der Waals surface area contributed by atoms with Crippen LogP contribution in [0, 0.1) is 5.92 Å². The molecule has 1 atom stereocenters. The maximum atomic E-state index is 12.5. The van der Waals surface area contributed by atoms with Crippen LogP contribution in [0.2, 0.25) is 0 Å². The first kappa shape index (κ1) is 17.4. The molecule has 0 radical (unpaired) electrons. The number of anilines is 1. The van der Waals surface area contributed by atoms with Gasteiger partial charge in [0.25, 0.3) is 0 Å². The third-order valence-electron chi connectivity index (χ3n) is 4.59. The van der Waals surface area contributed by atoms with Crippen molar-refractivity contribution < 1.29 is 9.90 Å². The van der Waals surface area contributed by atoms with Gasteiger partial charge in [-0.25, -0.2) is 9.97 Å². The van der Waals surface area contributed by atoms with Gasteiger partial charge in [-0.05, 0) is 30.9 Å². The zero-order chi connectivity index (χ0) is 17.5. The molecule has 0 aliphatic carbocycles. The lowest BCUT2D eigenvalue weighted by Crippen LogP contribution is -2.46. The molecule has 0 spiro atoms. The number of amides is 1. The van der Waals surface area contributed by atoms with Gasteiger partial charge < -0.3 is 15.3 Å². The first-order valence-electron chi connectivity index (χ1n) is 8.73. The highest BCUT2D eigenvalue weighted by atomic mass is 16.3. The molecule has 6 nitrogen and oxygen atoms in total. The SMILES string of the molecule is O=C(NC(CO)Cc1ccccc1)C1CCN(c2ncccn2)CC1. The molecule has 2 aromatic rings. The summed E-state index contributed by atoms with van der Waals surface area (Å²) in [5, 5.41) is 12.6. The summed E-state index contributed by atoms with van der Waals surface area (Å²) in [7, 11) is 0. The number of carbonyl (C=O) groups is 1. The number of nitrogens with one attached hydrogen (secondary N) is 1. The van der Waals surface area contributed by atoms with Crippen LogP contribution in [-0.4, -0.2) is 46.7 Å². The second kappa shape index (κ2) is 8.58. The van der Waals surface area contributed by atoms with Crippen molar-refractivity contribution in [3.8, 4) is 0 Å². The van der Waals surface area contributed by atoms with Gasteiger partial charge in [0.05, 0.1) is 12.6 Å². The number of aliphatic hydroxyl groups excluding tert-OH is 1. The Morgan fingerprint density at radius 2 is 1.84 bits per heavy atom. The van der Waals surface area contributed by atoms with Crippen LogP contribution in [0.3, 0.4) is 0 Å². The number of piperidine rings is 1. The minimum Gasteiger partial charge on any atom is -0.394 e. The van der Waals surface area contributed by atoms with Gasteiger partial charge in [0, 0.05) is 31.4 Å². The molecular weight excluding hydrogens is 316 g/mol. The number of aromatic nitrogens is 2. The average molecular weight is 340 g/mol. The fourth-order valence-corrected chi connectivity index (χ4v) is 3.18. The molecule has 2 N–H and O–H groups in total. The van der Waals surface area contributed by atoms with E-state index in [0.717, 1.165) is 37.4 Å². The van der Waals surface area contributed by atoms with Crippen LogP contribution in [-0.2, 0) is 11.2 Å². The fourth-order valence-electron chi connectivity index (χ4n) is 3.18. The first-order chi connectivity index (χ1) is 12.3. The molecule has 1 unspecified atom stereocenters. The van der Waals surface area contributed by atoms with E-state index < -0.39 is 0 Å². The Morgan fingerprint density at radius 1 is 1.16 bits per heavy atom. The third-order valence-corrected chi connectivity index (χ3v) is 4.59. The van der Waals surface area contributed by atoms with E-state index in [9.17, 15) is 9.90 Å². The normalized spacial score (nSPS) is 16.4. The average Bonchev–Trinajstić information content (AvgIpc) is 2.69. The van der Waals surface area contributed by atoms with Crippen molar-refractivity contribution in [1.29, 1.82) is 0 Å². The number of carbonyl (C=O) groups excluding carboxylic acids is 1. The molecule has 0 saturated carbocycles. The number of benzene rings is 1. The fraction of sp³-hybridized carbons (Fsp3) is 0.421. The van der Waals surface area contributed by atoms with Crippen LogP contribution in [0.15, 0.2) is 48.8 Å². The summed E-state index contributed by atoms with van der Waals surface area (Å²) in [4.78, 5) is 23.2. The predicted molar refractivity (Wildman–Crippen MR) is 96.1 cm³/mol. The van der Waals surface area contributed by atoms with Gasteiger partial charge in [-0.2, -0.15) is 0 Å². The minimum atomic E-state index is -0.245. The zero-order valence-corrected chi connectivity index (χ0v) is 14.2. The second-order valence-corrected chi connectivity index (χ2v) is 6.39. The van der Waals surface area contributed by atoms with E-state index >= 15 is 0 Å². The van der Waals surface area contributed by atoms with Crippen molar-refractivity contribution in [3.63, 3.8) is 0 Å². The van der Waals surface area contributed by atoms with E-state index in [1.165, 1.54) is 0 Å². The van der Waals surface area contributed by atoms with Crippen molar-refractivity contribution in [2.24, 2.45) is 5.92 Å². The lowest BCUT2D eigenvalue weighted by molar-refractivity contribution is -0.126. The monoisotopic (exact) mass is 340 g/mol. The van der Waals surface area contributed by atoms with E-state index in [2.05, 4.69) is 20.2 Å². The molecule has 0 bridgehead atoms. The third kappa shape index (κ3) is 4.76. The summed E-state index contributed by atoms with van der Waals surface area (Å²) < 4.78 is 0. The van der Waals surface area contributed by atoms with Crippen molar-refractivity contribution >= 4 is 11.9 Å². The molecule has 1 aromatic carbocycles. The van der Waals surface area contributed by atoms with E-state index in [-0.39, 0.29) is 24.5 Å². The number of aliphatic hydroxyl groups is 1. The second-order valence-electron chi connectivity index (χ2n) is 6.39. The van der Waals surface area contributed by atoms with E-state index in [4.69, 9.17) is 0 Å². The van der Waals surface area contributed by atoms with E-state index in [0.29, 0.717) is 6.42 Å². The Kier molecular flexibility index (Phi) is 5.95. The van der Waals surface area contributed by atoms with Crippen LogP contribution >= 0.6 is 0 Å². The van der Waals surface area contributed by atoms with Gasteiger partial charge in [0.15, 0.2) is 0 Å². The summed E-state index contributed by atoms with van der Waals surface area (Å²) in [5.41, 5.74) is 1.11. The molecule has 132 valence electrons. The lowest BCUT2D eigenvalue weighted by Gasteiger charge is -2.32. The molecule has 1 aliphatic heterocycles. The van der Waals surface area contributed by atoms with E-state index in [1.807, 2.05) is 30.3 Å². The quantitative estimate of drug-likeness (QED) is 0.831. The Balaban J connectivity index is 1.50. The maximum absolute atomic E-state index is 12.5. The van der Waals surface area contributed by atoms with Gasteiger partial charge in [-0.3, -0.25) is 4.79 Å². The van der Waals surface area contributed by atoms with Crippen LogP contribution < -0.4 is 10.2 Å². The van der Waals surface area contributed by atoms with E-state index in [1.54, 1.807) is 18.5 Å². The highest BCUT2D eigenvalue weighted by Crippen LogP contribution is 2.20. The number of nitrogens with zero attached hydrogens (tertiary/aromatic N) is 3. The van der Waals surface area contributed by atoms with Crippen molar-refractivity contribution in [1.82, 2.24) is 15.3 Å². The Hall–Kier alpha value is -2.47. The molecule has 2 heterocycles. The molecule has 3 rings (SSSR count). The number of hydrogen-bond acceptors (Lipinski definition) is 5. The molecule has 1 amide bonds. The van der Waals surface area contributed by atoms with Crippen molar-refractivity contribution in [3.05, 3.63) is 54.4 Å². The molecular formula is C19H24N4O2. The van der Waals surface area contributed by atoms with Gasteiger partial charge in [-0.1, -0.05) is 30.3 Å². The Morgan fingerprint density at radius 3 is 2.48 bits per heavy atom. The molecule has 1 saturated heterocycles. The summed E-state index contributed by atoms with van der Waals surface area (Å²) in [6.07, 6.45) is 5.65. The van der Waals surface area contributed by atoms with Crippen molar-refractivity contribution in [2.45, 2.75) is 25.3 Å². The minimum absolute atomic E-state index is 0.0233. The first-order valence-corrected chi connectivity index (χ1v) is 8.73. The number of rotatable bonds is 6. The highest BCUT2D eigenvalue weighted by Gasteiger charge is 2.27. The van der Waals surface area contributed by atoms with Crippen molar-refractivity contribution in [2.75, 3.05) is 24.6 Å². The molecule has 1 aromatic heterocycles. The molecule has 25 heavy (non-hydrogen) atoms.